The second-order valence-corrected chi connectivity index (χ2v) is 6.32. The van der Waals surface area contributed by atoms with Crippen molar-refractivity contribution in [2.75, 3.05) is 0 Å². The predicted molar refractivity (Wildman–Crippen MR) is 75.4 cm³/mol. The van der Waals surface area contributed by atoms with Crippen LogP contribution in [0.15, 0.2) is 33.5 Å². The maximum atomic E-state index is 10.7. The molecule has 1 heterocycles. The van der Waals surface area contributed by atoms with Crippen LogP contribution in [0, 0.1) is 17.0 Å². The van der Waals surface area contributed by atoms with Crippen LogP contribution in [0.4, 0.5) is 5.69 Å². The van der Waals surface area contributed by atoms with E-state index in [1.165, 1.54) is 35.2 Å². The van der Waals surface area contributed by atoms with Gasteiger partial charge >= 0.3 is 5.97 Å². The first kappa shape index (κ1) is 14.5. The van der Waals surface area contributed by atoms with Gasteiger partial charge in [0.15, 0.2) is 4.34 Å². The Labute approximate surface area is 122 Å². The molecule has 1 aromatic heterocycles. The summed E-state index contributed by atoms with van der Waals surface area (Å²) in [6.45, 7) is 1.76. The van der Waals surface area contributed by atoms with Crippen LogP contribution in [0.1, 0.15) is 10.6 Å². The topological polar surface area (TPSA) is 93.3 Å². The smallest absolute Gasteiger partial charge is 0.308 e. The van der Waals surface area contributed by atoms with Crippen molar-refractivity contribution in [3.8, 4) is 0 Å². The third-order valence-corrected chi connectivity index (χ3v) is 4.63. The molecule has 0 fully saturated rings. The Kier molecular flexibility index (Phi) is 4.35. The van der Waals surface area contributed by atoms with Crippen molar-refractivity contribution in [3.63, 3.8) is 0 Å². The van der Waals surface area contributed by atoms with Crippen LogP contribution in [0.3, 0.4) is 0 Å². The van der Waals surface area contributed by atoms with Crippen molar-refractivity contribution in [1.29, 1.82) is 0 Å². The molecule has 0 atom stereocenters. The van der Waals surface area contributed by atoms with Gasteiger partial charge < -0.3 is 5.11 Å². The number of aryl methyl sites for hydroxylation is 1. The fourth-order valence-corrected chi connectivity index (χ4v) is 3.76. The summed E-state index contributed by atoms with van der Waals surface area (Å²) in [5, 5.41) is 19.5. The average Bonchev–Trinajstić information content (AvgIpc) is 2.69. The van der Waals surface area contributed by atoms with Gasteiger partial charge in [0.05, 0.1) is 17.0 Å². The summed E-state index contributed by atoms with van der Waals surface area (Å²) < 4.78 is 0.680. The van der Waals surface area contributed by atoms with Gasteiger partial charge in [-0.3, -0.25) is 14.9 Å². The minimum absolute atomic E-state index is 0.0223. The molecule has 0 bridgehead atoms. The van der Waals surface area contributed by atoms with Crippen molar-refractivity contribution in [2.24, 2.45) is 0 Å². The lowest BCUT2D eigenvalue weighted by Gasteiger charge is -1.97. The highest BCUT2D eigenvalue weighted by Gasteiger charge is 2.13. The third kappa shape index (κ3) is 3.55. The monoisotopic (exact) mass is 310 g/mol. The molecule has 0 radical (unpaired) electrons. The standard InChI is InChI=1S/C12H10N2O4S2/c1-7-10(6-11(15)16)20-12(13-7)19-9-4-2-3-8(5-9)14(17)18/h2-5H,6H2,1H3,(H,15,16). The van der Waals surface area contributed by atoms with Crippen LogP contribution >= 0.6 is 23.1 Å². The average molecular weight is 310 g/mol. The Bertz CT molecular complexity index is 669. The van der Waals surface area contributed by atoms with E-state index in [2.05, 4.69) is 4.98 Å². The van der Waals surface area contributed by atoms with Gasteiger partial charge in [0, 0.05) is 21.9 Å². The summed E-state index contributed by atoms with van der Waals surface area (Å²) in [5.41, 5.74) is 0.708. The van der Waals surface area contributed by atoms with E-state index in [-0.39, 0.29) is 12.1 Å². The number of carboxylic acid groups (broad SMARTS) is 1. The number of thiazole rings is 1. The van der Waals surface area contributed by atoms with E-state index in [9.17, 15) is 14.9 Å². The van der Waals surface area contributed by atoms with Gasteiger partial charge in [-0.15, -0.1) is 11.3 Å². The van der Waals surface area contributed by atoms with Crippen LogP contribution in [0.2, 0.25) is 0 Å². The summed E-state index contributed by atoms with van der Waals surface area (Å²) in [6, 6.07) is 6.26. The quantitative estimate of drug-likeness (QED) is 0.673. The van der Waals surface area contributed by atoms with Gasteiger partial charge in [0.25, 0.3) is 5.69 Å². The second kappa shape index (κ2) is 6.02. The lowest BCUT2D eigenvalue weighted by molar-refractivity contribution is -0.385. The van der Waals surface area contributed by atoms with Crippen molar-refractivity contribution in [2.45, 2.75) is 22.6 Å². The molecule has 0 saturated heterocycles. The molecule has 0 aliphatic heterocycles. The molecular formula is C12H10N2O4S2. The zero-order chi connectivity index (χ0) is 14.7. The van der Waals surface area contributed by atoms with E-state index < -0.39 is 10.9 Å². The molecule has 1 aromatic carbocycles. The van der Waals surface area contributed by atoms with E-state index in [4.69, 9.17) is 5.11 Å². The van der Waals surface area contributed by atoms with Gasteiger partial charge in [-0.2, -0.15) is 0 Å². The second-order valence-electron chi connectivity index (χ2n) is 3.92. The Morgan fingerprint density at radius 2 is 2.30 bits per heavy atom. The Hall–Kier alpha value is -1.93. The van der Waals surface area contributed by atoms with Crippen LogP contribution in [-0.4, -0.2) is 21.0 Å². The van der Waals surface area contributed by atoms with Crippen molar-refractivity contribution >= 4 is 34.8 Å². The minimum Gasteiger partial charge on any atom is -0.481 e. The first-order valence-corrected chi connectivity index (χ1v) is 7.19. The number of rotatable bonds is 5. The SMILES string of the molecule is Cc1nc(Sc2cccc([N+](=O)[O-])c2)sc1CC(=O)O. The zero-order valence-electron chi connectivity index (χ0n) is 10.4. The largest absolute Gasteiger partial charge is 0.481 e. The zero-order valence-corrected chi connectivity index (χ0v) is 12.0. The molecule has 2 rings (SSSR count). The molecule has 0 aliphatic carbocycles. The highest BCUT2D eigenvalue weighted by molar-refractivity contribution is 8.01. The molecular weight excluding hydrogens is 300 g/mol. The maximum Gasteiger partial charge on any atom is 0.308 e. The highest BCUT2D eigenvalue weighted by Crippen LogP contribution is 2.34. The molecule has 6 nitrogen and oxygen atoms in total. The molecule has 20 heavy (non-hydrogen) atoms. The number of nitro benzene ring substituents is 1. The van der Waals surface area contributed by atoms with Crippen LogP contribution in [-0.2, 0) is 11.2 Å². The molecule has 0 amide bonds. The fraction of sp³-hybridized carbons (Fsp3) is 0.167. The lowest BCUT2D eigenvalue weighted by atomic mass is 10.3. The summed E-state index contributed by atoms with van der Waals surface area (Å²) in [5.74, 6) is -0.899. The van der Waals surface area contributed by atoms with E-state index in [1.807, 2.05) is 0 Å². The summed E-state index contributed by atoms with van der Waals surface area (Å²) >= 11 is 2.59. The van der Waals surface area contributed by atoms with Crippen LogP contribution < -0.4 is 0 Å². The van der Waals surface area contributed by atoms with Crippen LogP contribution in [0.25, 0.3) is 0 Å². The number of benzene rings is 1. The summed E-state index contributed by atoms with van der Waals surface area (Å²) in [6.07, 6.45) is -0.0566. The molecule has 104 valence electrons. The number of hydrogen-bond acceptors (Lipinski definition) is 6. The van der Waals surface area contributed by atoms with E-state index >= 15 is 0 Å². The van der Waals surface area contributed by atoms with Gasteiger partial charge in [0.2, 0.25) is 0 Å². The molecule has 2 aromatic rings. The molecule has 1 N–H and O–H groups in total. The van der Waals surface area contributed by atoms with Crippen molar-refractivity contribution < 1.29 is 14.8 Å². The molecule has 0 saturated carbocycles. The molecule has 0 spiro atoms. The Morgan fingerprint density at radius 3 is 2.95 bits per heavy atom. The van der Waals surface area contributed by atoms with Gasteiger partial charge in [-0.25, -0.2) is 4.98 Å². The van der Waals surface area contributed by atoms with Gasteiger partial charge in [-0.1, -0.05) is 17.8 Å². The normalized spacial score (nSPS) is 10.4. The lowest BCUT2D eigenvalue weighted by Crippen LogP contribution is -1.99. The number of nitro groups is 1. The van der Waals surface area contributed by atoms with E-state index in [1.54, 1.807) is 19.1 Å². The number of nitrogens with zero attached hydrogens (tertiary/aromatic N) is 2. The van der Waals surface area contributed by atoms with Crippen molar-refractivity contribution in [1.82, 2.24) is 4.98 Å². The number of carboxylic acids is 1. The number of carbonyl (C=O) groups is 1. The minimum atomic E-state index is -0.899. The van der Waals surface area contributed by atoms with Gasteiger partial charge in [0.1, 0.15) is 0 Å². The molecule has 0 aliphatic rings. The van der Waals surface area contributed by atoms with Crippen LogP contribution in [0.5, 0.6) is 0 Å². The third-order valence-electron chi connectivity index (χ3n) is 2.42. The van der Waals surface area contributed by atoms with Gasteiger partial charge in [-0.05, 0) is 13.0 Å². The predicted octanol–water partition coefficient (Wildman–Crippen LogP) is 3.14. The first-order chi connectivity index (χ1) is 9.45. The Morgan fingerprint density at radius 1 is 1.55 bits per heavy atom. The highest BCUT2D eigenvalue weighted by atomic mass is 32.2. The summed E-state index contributed by atoms with van der Waals surface area (Å²) in [4.78, 5) is 26.6. The number of hydrogen-bond donors (Lipinski definition) is 1. The fourth-order valence-electron chi connectivity index (χ4n) is 1.51. The number of aliphatic carboxylic acids is 1. The molecule has 0 unspecified atom stereocenters. The molecule has 8 heteroatoms. The van der Waals surface area contributed by atoms with Crippen molar-refractivity contribution in [3.05, 3.63) is 45.0 Å². The van der Waals surface area contributed by atoms with E-state index in [0.29, 0.717) is 19.8 Å². The van der Waals surface area contributed by atoms with E-state index in [0.717, 1.165) is 0 Å². The summed E-state index contributed by atoms with van der Waals surface area (Å²) in [7, 11) is 0. The number of non-ortho nitro benzene ring substituents is 1. The maximum absolute atomic E-state index is 10.7. The Balaban J connectivity index is 2.20. The first-order valence-electron chi connectivity index (χ1n) is 5.56. The number of aromatic nitrogens is 1.